The summed E-state index contributed by atoms with van der Waals surface area (Å²) in [4.78, 5) is 24.3. The van der Waals surface area contributed by atoms with Crippen LogP contribution in [0.15, 0.2) is 59.1 Å². The highest BCUT2D eigenvalue weighted by atomic mass is 32.1. The molecule has 0 aliphatic carbocycles. The maximum atomic E-state index is 13.7. The van der Waals surface area contributed by atoms with E-state index in [9.17, 15) is 14.0 Å². The molecule has 8 nitrogen and oxygen atoms in total. The van der Waals surface area contributed by atoms with E-state index in [1.165, 1.54) is 25.3 Å². The van der Waals surface area contributed by atoms with E-state index in [-0.39, 0.29) is 16.6 Å². The molecule has 3 aromatic rings. The van der Waals surface area contributed by atoms with Gasteiger partial charge in [-0.25, -0.2) is 14.0 Å². The number of ether oxygens (including phenoxy) is 1. The molecule has 2 aromatic carbocycles. The Labute approximate surface area is 195 Å². The zero-order chi connectivity index (χ0) is 24.0. The van der Waals surface area contributed by atoms with Crippen LogP contribution in [0.1, 0.15) is 19.6 Å². The predicted octanol–water partition coefficient (Wildman–Crippen LogP) is 4.59. The number of methoxy groups -OCH3 is 1. The van der Waals surface area contributed by atoms with E-state index in [0.29, 0.717) is 17.1 Å². The number of halogens is 1. The van der Waals surface area contributed by atoms with Gasteiger partial charge in [0.25, 0.3) is 0 Å². The van der Waals surface area contributed by atoms with Crippen molar-refractivity contribution in [2.75, 3.05) is 17.7 Å². The number of hydrogen-bond acceptors (Lipinski definition) is 6. The number of hydrogen-bond donors (Lipinski definition) is 3. The van der Waals surface area contributed by atoms with Gasteiger partial charge in [0.05, 0.1) is 12.8 Å². The Hall–Kier alpha value is -3.79. The number of nitrogens with one attached hydrogen (secondary N) is 3. The van der Waals surface area contributed by atoms with Crippen LogP contribution in [0.4, 0.5) is 20.6 Å². The number of amides is 2. The maximum absolute atomic E-state index is 13.7. The number of esters is 1. The Morgan fingerprint density at radius 1 is 1.09 bits per heavy atom. The van der Waals surface area contributed by atoms with Gasteiger partial charge in [0.1, 0.15) is 22.5 Å². The number of carbonyl (C=O) groups is 2. The van der Waals surface area contributed by atoms with E-state index < -0.39 is 23.9 Å². The molecule has 0 unspecified atom stereocenters. The molecule has 3 N–H and O–H groups in total. The van der Waals surface area contributed by atoms with Crippen molar-refractivity contribution < 1.29 is 23.2 Å². The summed E-state index contributed by atoms with van der Waals surface area (Å²) in [5.41, 5.74) is 1.83. The van der Waals surface area contributed by atoms with E-state index in [1.54, 1.807) is 36.4 Å². The first-order chi connectivity index (χ1) is 15.8. The second kappa shape index (κ2) is 10.7. The fourth-order valence-corrected chi connectivity index (χ4v) is 3.15. The minimum absolute atomic E-state index is 0.0478. The van der Waals surface area contributed by atoms with Gasteiger partial charge in [-0.05, 0) is 30.2 Å². The number of aromatic nitrogens is 1. The zero-order valence-corrected chi connectivity index (χ0v) is 19.0. The molecule has 172 valence electrons. The molecule has 3 rings (SSSR count). The lowest BCUT2D eigenvalue weighted by Crippen LogP contribution is -2.44. The lowest BCUT2D eigenvalue weighted by atomic mass is 10.0. The summed E-state index contributed by atoms with van der Waals surface area (Å²) < 4.78 is 23.8. The highest BCUT2D eigenvalue weighted by Crippen LogP contribution is 2.22. The Morgan fingerprint density at radius 3 is 2.42 bits per heavy atom. The van der Waals surface area contributed by atoms with Crippen molar-refractivity contribution in [2.45, 2.75) is 19.9 Å². The zero-order valence-electron chi connectivity index (χ0n) is 18.2. The number of para-hydroxylation sites is 1. The van der Waals surface area contributed by atoms with Gasteiger partial charge in [0, 0.05) is 17.3 Å². The largest absolute Gasteiger partial charge is 0.467 e. The van der Waals surface area contributed by atoms with Crippen LogP contribution >= 0.6 is 12.2 Å². The second-order valence-corrected chi connectivity index (χ2v) is 7.84. The number of benzene rings is 2. The SMILES string of the molecule is COC(=O)[C@H](NC(=S)c1cc(-c2ccc(NC(=O)Nc3ccccc3F)cc2)no1)C(C)C. The van der Waals surface area contributed by atoms with E-state index in [0.717, 1.165) is 5.56 Å². The van der Waals surface area contributed by atoms with E-state index in [1.807, 2.05) is 13.8 Å². The summed E-state index contributed by atoms with van der Waals surface area (Å²) in [5, 5.41) is 12.0. The fourth-order valence-electron chi connectivity index (χ4n) is 2.93. The van der Waals surface area contributed by atoms with Gasteiger partial charge in [0.15, 0.2) is 5.76 Å². The fraction of sp³-hybridized carbons (Fsp3) is 0.217. The molecule has 0 fully saturated rings. The molecule has 0 aliphatic rings. The molecule has 0 saturated carbocycles. The van der Waals surface area contributed by atoms with Crippen LogP contribution in [0.25, 0.3) is 11.3 Å². The number of thiocarbonyl (C=S) groups is 1. The smallest absolute Gasteiger partial charge is 0.328 e. The summed E-state index contributed by atoms with van der Waals surface area (Å²) in [7, 11) is 1.32. The summed E-state index contributed by atoms with van der Waals surface area (Å²) in [6.07, 6.45) is 0. The first-order valence-electron chi connectivity index (χ1n) is 10.1. The first kappa shape index (κ1) is 23.9. The van der Waals surface area contributed by atoms with Crippen LogP contribution < -0.4 is 16.0 Å². The Morgan fingerprint density at radius 2 is 1.79 bits per heavy atom. The van der Waals surface area contributed by atoms with Crippen LogP contribution in [-0.4, -0.2) is 35.3 Å². The molecule has 33 heavy (non-hydrogen) atoms. The van der Waals surface area contributed by atoms with Crippen molar-refractivity contribution in [1.82, 2.24) is 10.5 Å². The van der Waals surface area contributed by atoms with Gasteiger partial charge in [0.2, 0.25) is 0 Å². The van der Waals surface area contributed by atoms with Crippen molar-refractivity contribution in [3.63, 3.8) is 0 Å². The molecule has 0 saturated heterocycles. The number of carbonyl (C=O) groups excluding carboxylic acids is 2. The van der Waals surface area contributed by atoms with Gasteiger partial charge in [-0.15, -0.1) is 0 Å². The summed E-state index contributed by atoms with van der Waals surface area (Å²) >= 11 is 5.34. The van der Waals surface area contributed by atoms with E-state index in [2.05, 4.69) is 21.1 Å². The number of urea groups is 1. The van der Waals surface area contributed by atoms with E-state index in [4.69, 9.17) is 21.5 Å². The molecular weight excluding hydrogens is 447 g/mol. The molecule has 1 aromatic heterocycles. The van der Waals surface area contributed by atoms with Crippen LogP contribution in [0.5, 0.6) is 0 Å². The Balaban J connectivity index is 1.63. The highest BCUT2D eigenvalue weighted by Gasteiger charge is 2.25. The van der Waals surface area contributed by atoms with Crippen molar-refractivity contribution in [3.8, 4) is 11.3 Å². The predicted molar refractivity (Wildman–Crippen MR) is 126 cm³/mol. The first-order valence-corrected chi connectivity index (χ1v) is 10.5. The van der Waals surface area contributed by atoms with Crippen LogP contribution in [0, 0.1) is 11.7 Å². The van der Waals surface area contributed by atoms with E-state index >= 15 is 0 Å². The Bertz CT molecular complexity index is 1150. The second-order valence-electron chi connectivity index (χ2n) is 7.43. The van der Waals surface area contributed by atoms with Crippen LogP contribution in [-0.2, 0) is 9.53 Å². The number of anilines is 2. The summed E-state index contributed by atoms with van der Waals surface area (Å²) in [5.74, 6) is -0.688. The quantitative estimate of drug-likeness (QED) is 0.343. The lowest BCUT2D eigenvalue weighted by molar-refractivity contribution is -0.143. The van der Waals surface area contributed by atoms with Gasteiger partial charge in [-0.1, -0.05) is 55.5 Å². The molecule has 0 aliphatic heterocycles. The molecule has 0 spiro atoms. The van der Waals surface area contributed by atoms with Gasteiger partial charge < -0.3 is 25.2 Å². The molecule has 2 amide bonds. The number of rotatable bonds is 7. The number of nitrogens with zero attached hydrogens (tertiary/aromatic N) is 1. The summed E-state index contributed by atoms with van der Waals surface area (Å²) in [6.45, 7) is 3.74. The van der Waals surface area contributed by atoms with Gasteiger partial charge in [-0.3, -0.25) is 0 Å². The summed E-state index contributed by atoms with van der Waals surface area (Å²) in [6, 6.07) is 13.2. The van der Waals surface area contributed by atoms with Crippen molar-refractivity contribution in [1.29, 1.82) is 0 Å². The standard InChI is InChI=1S/C23H23FN4O4S/c1-13(2)20(22(29)31-3)27-21(33)19-12-18(28-32-19)14-8-10-15(11-9-14)25-23(30)26-17-7-5-4-6-16(17)24/h4-13,20H,1-3H3,(H,27,33)(H2,25,26,30)/t20-/m1/s1. The molecule has 10 heteroatoms. The van der Waals surface area contributed by atoms with Crippen LogP contribution in [0.2, 0.25) is 0 Å². The third-order valence-electron chi connectivity index (χ3n) is 4.70. The van der Waals surface area contributed by atoms with Crippen LogP contribution in [0.3, 0.4) is 0 Å². The Kier molecular flexibility index (Phi) is 7.73. The molecule has 1 atom stereocenters. The van der Waals surface area contributed by atoms with Crippen molar-refractivity contribution >= 4 is 40.6 Å². The minimum Gasteiger partial charge on any atom is -0.467 e. The maximum Gasteiger partial charge on any atom is 0.328 e. The lowest BCUT2D eigenvalue weighted by Gasteiger charge is -2.20. The molecule has 1 heterocycles. The normalized spacial score (nSPS) is 11.5. The van der Waals surface area contributed by atoms with Gasteiger partial charge in [-0.2, -0.15) is 0 Å². The highest BCUT2D eigenvalue weighted by molar-refractivity contribution is 7.80. The minimum atomic E-state index is -0.614. The monoisotopic (exact) mass is 470 g/mol. The molecule has 0 radical (unpaired) electrons. The topological polar surface area (TPSA) is 105 Å². The third kappa shape index (κ3) is 6.13. The molecular formula is C23H23FN4O4S. The van der Waals surface area contributed by atoms with Gasteiger partial charge >= 0.3 is 12.0 Å². The van der Waals surface area contributed by atoms with Crippen molar-refractivity contribution in [2.24, 2.45) is 5.92 Å². The third-order valence-corrected chi connectivity index (χ3v) is 5.02. The average Bonchev–Trinajstić information content (AvgIpc) is 3.29. The average molecular weight is 471 g/mol. The van der Waals surface area contributed by atoms with Crippen molar-refractivity contribution in [3.05, 3.63) is 66.2 Å². The molecule has 0 bridgehead atoms.